The van der Waals surface area contributed by atoms with Gasteiger partial charge in [-0.2, -0.15) is 9.78 Å². The number of nitrogens with one attached hydrogen (secondary N) is 1. The number of para-hydroxylation sites is 2. The SMILES string of the molecule is COc1ccccc1-n1nc(C(=O)NC(CCC(N)=O)C(=O)O)c(O)cc1=O. The van der Waals surface area contributed by atoms with Gasteiger partial charge in [0.1, 0.15) is 17.5 Å². The highest BCUT2D eigenvalue weighted by Crippen LogP contribution is 2.21. The Bertz CT molecular complexity index is 970. The highest BCUT2D eigenvalue weighted by Gasteiger charge is 2.25. The van der Waals surface area contributed by atoms with E-state index in [9.17, 15) is 29.4 Å². The smallest absolute Gasteiger partial charge is 0.326 e. The second kappa shape index (κ2) is 8.66. The Kier molecular flexibility index (Phi) is 6.32. The highest BCUT2D eigenvalue weighted by atomic mass is 16.5. The van der Waals surface area contributed by atoms with Gasteiger partial charge in [0.25, 0.3) is 11.5 Å². The largest absolute Gasteiger partial charge is 0.505 e. The molecule has 2 amide bonds. The summed E-state index contributed by atoms with van der Waals surface area (Å²) in [7, 11) is 1.38. The van der Waals surface area contributed by atoms with Crippen molar-refractivity contribution < 1.29 is 29.3 Å². The average Bonchev–Trinajstić information content (AvgIpc) is 2.64. The van der Waals surface area contributed by atoms with Crippen LogP contribution < -0.4 is 21.3 Å². The summed E-state index contributed by atoms with van der Waals surface area (Å²) in [5, 5.41) is 25.1. The van der Waals surface area contributed by atoms with Crippen LogP contribution in [-0.4, -0.2) is 50.9 Å². The monoisotopic (exact) mass is 390 g/mol. The zero-order chi connectivity index (χ0) is 20.8. The van der Waals surface area contributed by atoms with Gasteiger partial charge in [0.05, 0.1) is 7.11 Å². The lowest BCUT2D eigenvalue weighted by molar-refractivity contribution is -0.139. The molecule has 0 spiro atoms. The summed E-state index contributed by atoms with van der Waals surface area (Å²) < 4.78 is 5.99. The van der Waals surface area contributed by atoms with Crippen molar-refractivity contribution in [3.8, 4) is 17.2 Å². The third-order valence-electron chi connectivity index (χ3n) is 3.72. The van der Waals surface area contributed by atoms with Crippen LogP contribution in [0.25, 0.3) is 5.69 Å². The number of methoxy groups -OCH3 is 1. The van der Waals surface area contributed by atoms with E-state index in [1.807, 2.05) is 0 Å². The molecule has 1 atom stereocenters. The molecule has 2 aromatic rings. The molecular formula is C17H18N4O7. The zero-order valence-corrected chi connectivity index (χ0v) is 14.8. The van der Waals surface area contributed by atoms with Gasteiger partial charge in [0.15, 0.2) is 11.4 Å². The topological polar surface area (TPSA) is 174 Å². The normalized spacial score (nSPS) is 11.5. The van der Waals surface area contributed by atoms with Crippen LogP contribution in [0.1, 0.15) is 23.3 Å². The molecule has 1 aromatic carbocycles. The minimum Gasteiger partial charge on any atom is -0.505 e. The van der Waals surface area contributed by atoms with Gasteiger partial charge in [-0.1, -0.05) is 12.1 Å². The second-order valence-electron chi connectivity index (χ2n) is 5.67. The Hall–Kier alpha value is -3.89. The summed E-state index contributed by atoms with van der Waals surface area (Å²) in [6, 6.07) is 5.69. The van der Waals surface area contributed by atoms with Gasteiger partial charge >= 0.3 is 5.97 Å². The number of rotatable bonds is 8. The molecule has 0 aliphatic carbocycles. The van der Waals surface area contributed by atoms with Crippen molar-refractivity contribution in [2.45, 2.75) is 18.9 Å². The maximum atomic E-state index is 12.4. The first-order chi connectivity index (χ1) is 13.2. The lowest BCUT2D eigenvalue weighted by Gasteiger charge is -2.15. The molecule has 0 saturated heterocycles. The van der Waals surface area contributed by atoms with E-state index >= 15 is 0 Å². The maximum Gasteiger partial charge on any atom is 0.326 e. The van der Waals surface area contributed by atoms with E-state index in [2.05, 4.69) is 10.4 Å². The van der Waals surface area contributed by atoms with Gasteiger partial charge in [-0.3, -0.25) is 14.4 Å². The summed E-state index contributed by atoms with van der Waals surface area (Å²) in [5.74, 6) is -3.61. The fourth-order valence-corrected chi connectivity index (χ4v) is 2.36. The van der Waals surface area contributed by atoms with Gasteiger partial charge in [-0.15, -0.1) is 0 Å². The predicted molar refractivity (Wildman–Crippen MR) is 95.4 cm³/mol. The van der Waals surface area contributed by atoms with Gasteiger partial charge in [0.2, 0.25) is 5.91 Å². The Morgan fingerprint density at radius 3 is 2.61 bits per heavy atom. The molecule has 2 rings (SSSR count). The van der Waals surface area contributed by atoms with Gasteiger partial charge < -0.3 is 26.0 Å². The quantitative estimate of drug-likeness (QED) is 0.462. The number of hydrogen-bond donors (Lipinski definition) is 4. The number of primary amides is 1. The van der Waals surface area contributed by atoms with Crippen LogP contribution >= 0.6 is 0 Å². The Morgan fingerprint density at radius 2 is 2.00 bits per heavy atom. The van der Waals surface area contributed by atoms with Crippen molar-refractivity contribution in [3.63, 3.8) is 0 Å². The fourth-order valence-electron chi connectivity index (χ4n) is 2.36. The average molecular weight is 390 g/mol. The first kappa shape index (κ1) is 20.4. The Morgan fingerprint density at radius 1 is 1.32 bits per heavy atom. The maximum absolute atomic E-state index is 12.4. The summed E-state index contributed by atoms with van der Waals surface area (Å²) in [6.45, 7) is 0. The Balaban J connectivity index is 2.40. The van der Waals surface area contributed by atoms with Gasteiger partial charge in [-0.25, -0.2) is 4.79 Å². The van der Waals surface area contributed by atoms with Crippen molar-refractivity contribution in [2.24, 2.45) is 5.73 Å². The number of ether oxygens (including phenoxy) is 1. The number of aromatic hydroxyl groups is 1. The minimum atomic E-state index is -1.44. The van der Waals surface area contributed by atoms with E-state index in [1.165, 1.54) is 13.2 Å². The molecule has 1 unspecified atom stereocenters. The fraction of sp³-hybridized carbons (Fsp3) is 0.235. The summed E-state index contributed by atoms with van der Waals surface area (Å²) in [4.78, 5) is 46.7. The number of nitrogens with zero attached hydrogens (tertiary/aromatic N) is 2. The van der Waals surface area contributed by atoms with E-state index in [-0.39, 0.29) is 18.5 Å². The van der Waals surface area contributed by atoms with Crippen molar-refractivity contribution >= 4 is 17.8 Å². The third kappa shape index (κ3) is 4.63. The van der Waals surface area contributed by atoms with Gasteiger partial charge in [-0.05, 0) is 18.6 Å². The van der Waals surface area contributed by atoms with E-state index in [4.69, 9.17) is 10.5 Å². The molecule has 0 saturated carbocycles. The molecule has 5 N–H and O–H groups in total. The van der Waals surface area contributed by atoms with E-state index < -0.39 is 40.8 Å². The molecule has 0 aliphatic heterocycles. The van der Waals surface area contributed by atoms with Crippen LogP contribution in [0, 0.1) is 0 Å². The van der Waals surface area contributed by atoms with Crippen molar-refractivity contribution in [1.29, 1.82) is 0 Å². The number of hydrogen-bond acceptors (Lipinski definition) is 7. The molecule has 1 aromatic heterocycles. The molecule has 0 aliphatic rings. The second-order valence-corrected chi connectivity index (χ2v) is 5.67. The summed E-state index contributed by atoms with van der Waals surface area (Å²) >= 11 is 0. The van der Waals surface area contributed by atoms with Gasteiger partial charge in [0, 0.05) is 12.5 Å². The van der Waals surface area contributed by atoms with Crippen molar-refractivity contribution in [3.05, 3.63) is 46.4 Å². The summed E-state index contributed by atoms with van der Waals surface area (Å²) in [5.41, 5.74) is 3.90. The molecule has 1 heterocycles. The molecular weight excluding hydrogens is 372 g/mol. The minimum absolute atomic E-state index is 0.215. The molecule has 11 heteroatoms. The van der Waals surface area contributed by atoms with E-state index in [0.717, 1.165) is 10.7 Å². The van der Waals surface area contributed by atoms with Crippen LogP contribution in [-0.2, 0) is 9.59 Å². The zero-order valence-electron chi connectivity index (χ0n) is 14.8. The standard InChI is InChI=1S/C17H18N4O7/c1-28-12-5-3-2-4-10(12)21-14(24)8-11(22)15(20-21)16(25)19-9(17(26)27)6-7-13(18)23/h2-5,8-9,22H,6-7H2,1H3,(H2,18,23)(H,19,25)(H,26,27). The van der Waals surface area contributed by atoms with Crippen molar-refractivity contribution in [2.75, 3.05) is 7.11 Å². The summed E-state index contributed by atoms with van der Waals surface area (Å²) in [6.07, 6.45) is -0.513. The van der Waals surface area contributed by atoms with E-state index in [0.29, 0.717) is 5.75 Å². The van der Waals surface area contributed by atoms with E-state index in [1.54, 1.807) is 18.2 Å². The van der Waals surface area contributed by atoms with Crippen LogP contribution in [0.4, 0.5) is 0 Å². The number of amides is 2. The van der Waals surface area contributed by atoms with Crippen LogP contribution in [0.2, 0.25) is 0 Å². The predicted octanol–water partition coefficient (Wildman–Crippen LogP) is -0.605. The van der Waals surface area contributed by atoms with Crippen molar-refractivity contribution in [1.82, 2.24) is 15.1 Å². The van der Waals surface area contributed by atoms with Crippen LogP contribution in [0.3, 0.4) is 0 Å². The lowest BCUT2D eigenvalue weighted by atomic mass is 10.1. The molecule has 0 fully saturated rings. The number of nitrogens with two attached hydrogens (primary N) is 1. The van der Waals surface area contributed by atoms with Crippen LogP contribution in [0.15, 0.2) is 35.1 Å². The number of carboxylic acid groups (broad SMARTS) is 1. The molecule has 148 valence electrons. The third-order valence-corrected chi connectivity index (χ3v) is 3.72. The first-order valence-corrected chi connectivity index (χ1v) is 8.03. The number of benzene rings is 1. The number of carbonyl (C=O) groups excluding carboxylic acids is 2. The van der Waals surface area contributed by atoms with Crippen LogP contribution in [0.5, 0.6) is 11.5 Å². The number of carbonyl (C=O) groups is 3. The molecule has 28 heavy (non-hydrogen) atoms. The first-order valence-electron chi connectivity index (χ1n) is 8.03. The number of aliphatic carboxylic acids is 1. The molecule has 0 radical (unpaired) electrons. The molecule has 11 nitrogen and oxygen atoms in total. The lowest BCUT2D eigenvalue weighted by Crippen LogP contribution is -2.42. The number of aromatic nitrogens is 2. The molecule has 0 bridgehead atoms. The Labute approximate surface area is 158 Å². The number of carboxylic acids is 1. The highest BCUT2D eigenvalue weighted by molar-refractivity contribution is 5.97.